The fourth-order valence-electron chi connectivity index (χ4n) is 3.71. The second-order valence-corrected chi connectivity index (χ2v) is 7.80. The van der Waals surface area contributed by atoms with E-state index >= 15 is 0 Å². The van der Waals surface area contributed by atoms with Crippen LogP contribution in [0, 0.1) is 0 Å². The van der Waals surface area contributed by atoms with Crippen LogP contribution in [-0.4, -0.2) is 58.0 Å². The van der Waals surface area contributed by atoms with Gasteiger partial charge < -0.3 is 24.6 Å². The molecule has 5 atom stereocenters. The Labute approximate surface area is 182 Å². The lowest BCUT2D eigenvalue weighted by Crippen LogP contribution is -2.58. The summed E-state index contributed by atoms with van der Waals surface area (Å²) in [7, 11) is 0. The lowest BCUT2D eigenvalue weighted by Gasteiger charge is -2.41. The van der Waals surface area contributed by atoms with Gasteiger partial charge in [0.1, 0.15) is 12.1 Å². The van der Waals surface area contributed by atoms with Crippen molar-refractivity contribution in [1.82, 2.24) is 4.90 Å². The number of ether oxygens (including phenoxy) is 2. The zero-order valence-corrected chi connectivity index (χ0v) is 17.8. The summed E-state index contributed by atoms with van der Waals surface area (Å²) in [6, 6.07) is 17.4. The number of cyclic esters (lactones) is 1. The summed E-state index contributed by atoms with van der Waals surface area (Å²) in [6.45, 7) is 3.56. The molecule has 1 aliphatic heterocycles. The topological polar surface area (TPSA) is 96.3 Å². The third kappa shape index (κ3) is 5.70. The molecular formula is C24H29NO6. The van der Waals surface area contributed by atoms with E-state index in [-0.39, 0.29) is 18.9 Å². The number of benzene rings is 2. The molecule has 2 aromatic carbocycles. The summed E-state index contributed by atoms with van der Waals surface area (Å²) in [4.78, 5) is 26.9. The minimum Gasteiger partial charge on any atom is -0.451 e. The van der Waals surface area contributed by atoms with Gasteiger partial charge in [0.25, 0.3) is 5.91 Å². The second kappa shape index (κ2) is 10.5. The van der Waals surface area contributed by atoms with Gasteiger partial charge >= 0.3 is 5.97 Å². The van der Waals surface area contributed by atoms with E-state index in [1.165, 1.54) is 11.8 Å². The highest BCUT2D eigenvalue weighted by Crippen LogP contribution is 2.30. The first-order valence-corrected chi connectivity index (χ1v) is 10.4. The van der Waals surface area contributed by atoms with Gasteiger partial charge in [-0.25, -0.2) is 4.79 Å². The third-order valence-corrected chi connectivity index (χ3v) is 5.51. The highest BCUT2D eigenvalue weighted by molar-refractivity contribution is 5.92. The molecule has 1 amide bonds. The normalized spacial score (nSPS) is 22.0. The summed E-state index contributed by atoms with van der Waals surface area (Å²) in [5, 5.41) is 20.9. The minimum atomic E-state index is -1.26. The molecule has 0 radical (unpaired) electrons. The van der Waals surface area contributed by atoms with Crippen molar-refractivity contribution >= 4 is 11.9 Å². The first-order chi connectivity index (χ1) is 14.9. The van der Waals surface area contributed by atoms with Crippen LogP contribution in [0.1, 0.15) is 37.4 Å². The van der Waals surface area contributed by atoms with Crippen LogP contribution in [0.3, 0.4) is 0 Å². The van der Waals surface area contributed by atoms with Crippen LogP contribution in [0.25, 0.3) is 0 Å². The monoisotopic (exact) mass is 427 g/mol. The van der Waals surface area contributed by atoms with Crippen molar-refractivity contribution in [3.63, 3.8) is 0 Å². The molecule has 3 rings (SSSR count). The van der Waals surface area contributed by atoms with E-state index in [1.54, 1.807) is 0 Å². The molecule has 166 valence electrons. The zero-order valence-electron chi connectivity index (χ0n) is 17.8. The van der Waals surface area contributed by atoms with Crippen molar-refractivity contribution in [3.8, 4) is 0 Å². The van der Waals surface area contributed by atoms with E-state index < -0.39 is 36.4 Å². The fourth-order valence-corrected chi connectivity index (χ4v) is 3.71. The Kier molecular flexibility index (Phi) is 7.79. The summed E-state index contributed by atoms with van der Waals surface area (Å²) < 4.78 is 10.7. The molecule has 7 heteroatoms. The van der Waals surface area contributed by atoms with Crippen LogP contribution < -0.4 is 0 Å². The van der Waals surface area contributed by atoms with Gasteiger partial charge in [-0.1, -0.05) is 60.7 Å². The van der Waals surface area contributed by atoms with E-state index in [0.29, 0.717) is 6.61 Å². The quantitative estimate of drug-likeness (QED) is 0.596. The van der Waals surface area contributed by atoms with Crippen molar-refractivity contribution in [1.29, 1.82) is 0 Å². The summed E-state index contributed by atoms with van der Waals surface area (Å²) >= 11 is 0. The van der Waals surface area contributed by atoms with Gasteiger partial charge in [-0.3, -0.25) is 4.79 Å². The molecular weight excluding hydrogens is 398 g/mol. The molecule has 0 spiro atoms. The van der Waals surface area contributed by atoms with Gasteiger partial charge in [0.2, 0.25) is 0 Å². The molecule has 0 saturated carbocycles. The molecule has 1 saturated heterocycles. The van der Waals surface area contributed by atoms with Crippen LogP contribution in [-0.2, 0) is 25.7 Å². The highest BCUT2D eigenvalue weighted by Gasteiger charge is 2.44. The molecule has 0 aliphatic carbocycles. The molecule has 0 unspecified atom stereocenters. The Morgan fingerprint density at radius 2 is 1.61 bits per heavy atom. The SMILES string of the molecule is C[C@H]1OC(=O)[C@H](C[C@H](O)[C@H](O)COCc2ccccc2)N([C@@H](C)c2ccccc2)C1=O. The molecule has 2 aromatic rings. The number of morpholine rings is 1. The largest absolute Gasteiger partial charge is 0.451 e. The number of carbonyl (C=O) groups excluding carboxylic acids is 2. The molecule has 7 nitrogen and oxygen atoms in total. The molecule has 31 heavy (non-hydrogen) atoms. The second-order valence-electron chi connectivity index (χ2n) is 7.80. The van der Waals surface area contributed by atoms with Gasteiger partial charge in [-0.2, -0.15) is 0 Å². The lowest BCUT2D eigenvalue weighted by molar-refractivity contribution is -0.182. The Morgan fingerprint density at radius 3 is 2.26 bits per heavy atom. The van der Waals surface area contributed by atoms with E-state index in [9.17, 15) is 19.8 Å². The van der Waals surface area contributed by atoms with E-state index in [1.807, 2.05) is 67.6 Å². The average Bonchev–Trinajstić information content (AvgIpc) is 2.78. The molecule has 1 fully saturated rings. The zero-order chi connectivity index (χ0) is 22.4. The maximum atomic E-state index is 12.9. The third-order valence-electron chi connectivity index (χ3n) is 5.51. The lowest BCUT2D eigenvalue weighted by atomic mass is 9.97. The van der Waals surface area contributed by atoms with Crippen LogP contribution in [0.5, 0.6) is 0 Å². The van der Waals surface area contributed by atoms with E-state index in [0.717, 1.165) is 11.1 Å². The standard InChI is InChI=1S/C24H29NO6/c1-16(19-11-7-4-8-12-19)25-20(24(29)31-17(2)23(25)28)13-21(26)22(27)15-30-14-18-9-5-3-6-10-18/h3-12,16-17,20-22,26-27H,13-15H2,1-2H3/t16-,17+,20-,21-,22+/m0/s1. The molecule has 1 aliphatic rings. The van der Waals surface area contributed by atoms with Crippen molar-refractivity contribution in [2.75, 3.05) is 6.61 Å². The number of hydrogen-bond acceptors (Lipinski definition) is 6. The van der Waals surface area contributed by atoms with Gasteiger partial charge in [0, 0.05) is 6.42 Å². The van der Waals surface area contributed by atoms with E-state index in [2.05, 4.69) is 0 Å². The Bertz CT molecular complexity index is 859. The smallest absolute Gasteiger partial charge is 0.329 e. The van der Waals surface area contributed by atoms with Crippen molar-refractivity contribution < 1.29 is 29.3 Å². The maximum Gasteiger partial charge on any atom is 0.329 e. The predicted molar refractivity (Wildman–Crippen MR) is 114 cm³/mol. The average molecular weight is 427 g/mol. The number of esters is 1. The van der Waals surface area contributed by atoms with Gasteiger partial charge in [-0.15, -0.1) is 0 Å². The Hall–Kier alpha value is -2.74. The Balaban J connectivity index is 1.66. The highest BCUT2D eigenvalue weighted by atomic mass is 16.6. The minimum absolute atomic E-state index is 0.101. The van der Waals surface area contributed by atoms with Gasteiger partial charge in [0.05, 0.1) is 25.4 Å². The number of aliphatic hydroxyl groups is 2. The number of rotatable bonds is 9. The first kappa shape index (κ1) is 22.9. The first-order valence-electron chi connectivity index (χ1n) is 10.4. The van der Waals surface area contributed by atoms with E-state index in [4.69, 9.17) is 9.47 Å². The van der Waals surface area contributed by atoms with Crippen LogP contribution >= 0.6 is 0 Å². The number of nitrogens with zero attached hydrogens (tertiary/aromatic N) is 1. The summed E-state index contributed by atoms with van der Waals surface area (Å²) in [6.07, 6.45) is -3.52. The number of aliphatic hydroxyl groups excluding tert-OH is 2. The predicted octanol–water partition coefficient (Wildman–Crippen LogP) is 2.22. The fraction of sp³-hybridized carbons (Fsp3) is 0.417. The number of hydrogen-bond donors (Lipinski definition) is 2. The summed E-state index contributed by atoms with van der Waals surface area (Å²) in [5.41, 5.74) is 1.81. The van der Waals surface area contributed by atoms with Gasteiger partial charge in [0.15, 0.2) is 6.10 Å². The van der Waals surface area contributed by atoms with Crippen LogP contribution in [0.15, 0.2) is 60.7 Å². The van der Waals surface area contributed by atoms with Crippen molar-refractivity contribution in [3.05, 3.63) is 71.8 Å². The van der Waals surface area contributed by atoms with Gasteiger partial charge in [-0.05, 0) is 25.0 Å². The van der Waals surface area contributed by atoms with Crippen molar-refractivity contribution in [2.24, 2.45) is 0 Å². The molecule has 0 aromatic heterocycles. The van der Waals surface area contributed by atoms with Crippen molar-refractivity contribution in [2.45, 2.75) is 57.3 Å². The maximum absolute atomic E-state index is 12.9. The Morgan fingerprint density at radius 1 is 1.00 bits per heavy atom. The molecule has 2 N–H and O–H groups in total. The molecule has 0 bridgehead atoms. The van der Waals surface area contributed by atoms with Crippen LogP contribution in [0.2, 0.25) is 0 Å². The number of carbonyl (C=O) groups is 2. The summed E-state index contributed by atoms with van der Waals surface area (Å²) in [5.74, 6) is -0.922. The van der Waals surface area contributed by atoms with Crippen LogP contribution in [0.4, 0.5) is 0 Å². The molecule has 1 heterocycles. The number of amides is 1.